The lowest BCUT2D eigenvalue weighted by atomic mass is 9.61. The Balaban J connectivity index is 0.842. The molecule has 2 aliphatic carbocycles. The molecule has 5 fully saturated rings. The fraction of sp³-hybridized carbons (Fsp3) is 0.750. The Bertz CT molecular complexity index is 1190. The number of carbonyl (C=O) groups excluding carboxylic acids is 3. The first-order chi connectivity index (χ1) is 20.3. The molecule has 5 heterocycles. The first kappa shape index (κ1) is 28.2. The molecule has 228 valence electrons. The van der Waals surface area contributed by atoms with Crippen molar-refractivity contribution < 1.29 is 24.2 Å². The summed E-state index contributed by atoms with van der Waals surface area (Å²) in [4.78, 5) is 48.2. The van der Waals surface area contributed by atoms with Crippen LogP contribution in [0, 0.1) is 11.3 Å². The third-order valence-electron chi connectivity index (χ3n) is 11.1. The maximum absolute atomic E-state index is 13.0. The van der Waals surface area contributed by atoms with Gasteiger partial charge in [0, 0.05) is 26.1 Å². The molecule has 4 aliphatic heterocycles. The number of amides is 3. The standard InChI is InChI=1S/C32H45N5O5/c38-22-17-32(18-22)11-15-35(16-12-32)19-21-1-3-23(4-2-21)42-24-9-13-36(14-10-24)28-7-5-25-26(33-28)20-37(31(25)41)27-6-8-29(39)34-30(27)40/h5,7,21-24,27,38H,1-4,6,8-20H2,(H,34,39,40). The summed E-state index contributed by atoms with van der Waals surface area (Å²) in [6, 6.07) is 3.15. The van der Waals surface area contributed by atoms with Crippen LogP contribution in [0.25, 0.3) is 0 Å². The summed E-state index contributed by atoms with van der Waals surface area (Å²) in [6.07, 6.45) is 12.6. The Hall–Kier alpha value is -2.56. The Morgan fingerprint density at radius 2 is 1.64 bits per heavy atom. The molecular weight excluding hydrogens is 534 g/mol. The summed E-state index contributed by atoms with van der Waals surface area (Å²) >= 11 is 0. The number of fused-ring (bicyclic) bond motifs is 1. The van der Waals surface area contributed by atoms with E-state index in [2.05, 4.69) is 15.1 Å². The van der Waals surface area contributed by atoms with E-state index in [1.165, 1.54) is 58.2 Å². The smallest absolute Gasteiger partial charge is 0.256 e. The van der Waals surface area contributed by atoms with Gasteiger partial charge >= 0.3 is 0 Å². The lowest BCUT2D eigenvalue weighted by Crippen LogP contribution is -2.52. The van der Waals surface area contributed by atoms with E-state index in [0.717, 1.165) is 50.5 Å². The van der Waals surface area contributed by atoms with Crippen LogP contribution in [0.4, 0.5) is 5.82 Å². The fourth-order valence-corrected chi connectivity index (χ4v) is 8.47. The molecule has 1 atom stereocenters. The highest BCUT2D eigenvalue weighted by molar-refractivity contribution is 6.05. The van der Waals surface area contributed by atoms with Crippen LogP contribution in [0.2, 0.25) is 0 Å². The Labute approximate surface area is 248 Å². The minimum absolute atomic E-state index is 0.0401. The number of piperidine rings is 3. The number of hydrogen-bond acceptors (Lipinski definition) is 8. The molecule has 0 bridgehead atoms. The van der Waals surface area contributed by atoms with Gasteiger partial charge in [-0.2, -0.15) is 0 Å². The van der Waals surface area contributed by atoms with E-state index in [1.54, 1.807) is 4.90 Å². The molecule has 6 aliphatic rings. The third-order valence-corrected chi connectivity index (χ3v) is 11.1. The van der Waals surface area contributed by atoms with Gasteiger partial charge in [-0.05, 0) is 107 Å². The average Bonchev–Trinajstić information content (AvgIpc) is 3.30. The second kappa shape index (κ2) is 11.5. The van der Waals surface area contributed by atoms with Gasteiger partial charge < -0.3 is 24.5 Å². The number of pyridine rings is 1. The van der Waals surface area contributed by atoms with Crippen LogP contribution in [0.5, 0.6) is 0 Å². The molecule has 3 saturated heterocycles. The van der Waals surface area contributed by atoms with Crippen LogP contribution >= 0.6 is 0 Å². The van der Waals surface area contributed by atoms with Gasteiger partial charge in [-0.3, -0.25) is 19.7 Å². The third kappa shape index (κ3) is 5.69. The van der Waals surface area contributed by atoms with Crippen molar-refractivity contribution in [2.45, 2.75) is 108 Å². The minimum Gasteiger partial charge on any atom is -0.393 e. The van der Waals surface area contributed by atoms with Crippen molar-refractivity contribution in [3.05, 3.63) is 23.4 Å². The van der Waals surface area contributed by atoms with Gasteiger partial charge in [0.15, 0.2) is 0 Å². The fourth-order valence-electron chi connectivity index (χ4n) is 8.47. The van der Waals surface area contributed by atoms with Crippen LogP contribution in [-0.2, 0) is 20.9 Å². The zero-order valence-electron chi connectivity index (χ0n) is 24.6. The van der Waals surface area contributed by atoms with E-state index in [0.29, 0.717) is 35.7 Å². The predicted molar refractivity (Wildman–Crippen MR) is 156 cm³/mol. The Kier molecular flexibility index (Phi) is 7.73. The van der Waals surface area contributed by atoms with Crippen molar-refractivity contribution in [2.24, 2.45) is 11.3 Å². The summed E-state index contributed by atoms with van der Waals surface area (Å²) < 4.78 is 6.60. The molecule has 2 saturated carbocycles. The quantitative estimate of drug-likeness (QED) is 0.495. The maximum atomic E-state index is 13.0. The number of ether oxygens (including phenoxy) is 1. The predicted octanol–water partition coefficient (Wildman–Crippen LogP) is 2.62. The van der Waals surface area contributed by atoms with E-state index < -0.39 is 11.9 Å². The Morgan fingerprint density at radius 3 is 2.33 bits per heavy atom. The summed E-state index contributed by atoms with van der Waals surface area (Å²) in [5.74, 6) is 0.811. The van der Waals surface area contributed by atoms with Crippen molar-refractivity contribution >= 4 is 23.5 Å². The number of imide groups is 1. The molecule has 1 unspecified atom stereocenters. The van der Waals surface area contributed by atoms with Gasteiger partial charge in [-0.1, -0.05) is 0 Å². The van der Waals surface area contributed by atoms with Crippen molar-refractivity contribution in [3.8, 4) is 0 Å². The topological polar surface area (TPSA) is 115 Å². The lowest BCUT2D eigenvalue weighted by Gasteiger charge is -2.51. The van der Waals surface area contributed by atoms with Gasteiger partial charge in [0.25, 0.3) is 5.91 Å². The molecule has 7 rings (SSSR count). The molecule has 1 aromatic heterocycles. The zero-order valence-corrected chi connectivity index (χ0v) is 24.6. The van der Waals surface area contributed by atoms with E-state index in [9.17, 15) is 19.5 Å². The zero-order chi connectivity index (χ0) is 28.8. The van der Waals surface area contributed by atoms with Crippen molar-refractivity contribution in [2.75, 3.05) is 37.6 Å². The van der Waals surface area contributed by atoms with Crippen molar-refractivity contribution in [1.29, 1.82) is 0 Å². The van der Waals surface area contributed by atoms with Crippen LogP contribution < -0.4 is 10.2 Å². The van der Waals surface area contributed by atoms with Crippen LogP contribution in [0.15, 0.2) is 12.1 Å². The van der Waals surface area contributed by atoms with E-state index in [-0.39, 0.29) is 30.4 Å². The van der Waals surface area contributed by atoms with Crippen LogP contribution in [0.1, 0.15) is 93.1 Å². The maximum Gasteiger partial charge on any atom is 0.256 e. The summed E-state index contributed by atoms with van der Waals surface area (Å²) in [7, 11) is 0. The number of carbonyl (C=O) groups is 3. The largest absolute Gasteiger partial charge is 0.393 e. The second-order valence-corrected chi connectivity index (χ2v) is 13.9. The number of rotatable bonds is 6. The van der Waals surface area contributed by atoms with E-state index in [4.69, 9.17) is 9.72 Å². The molecule has 0 radical (unpaired) electrons. The molecule has 10 heteroatoms. The van der Waals surface area contributed by atoms with Crippen molar-refractivity contribution in [3.63, 3.8) is 0 Å². The summed E-state index contributed by atoms with van der Waals surface area (Å²) in [5.41, 5.74) is 1.73. The molecule has 42 heavy (non-hydrogen) atoms. The minimum atomic E-state index is -0.615. The number of likely N-dealkylation sites (tertiary alicyclic amines) is 1. The van der Waals surface area contributed by atoms with Gasteiger partial charge in [0.1, 0.15) is 11.9 Å². The molecule has 0 aromatic carbocycles. The normalized spacial score (nSPS) is 30.9. The highest BCUT2D eigenvalue weighted by Crippen LogP contribution is 2.49. The number of aliphatic hydroxyl groups excluding tert-OH is 1. The first-order valence-corrected chi connectivity index (χ1v) is 16.3. The summed E-state index contributed by atoms with van der Waals surface area (Å²) in [6.45, 7) is 5.70. The van der Waals surface area contributed by atoms with Gasteiger partial charge in [-0.15, -0.1) is 0 Å². The number of aromatic nitrogens is 1. The number of nitrogens with one attached hydrogen (secondary N) is 1. The molecule has 10 nitrogen and oxygen atoms in total. The number of aliphatic hydroxyl groups is 1. The number of anilines is 1. The first-order valence-electron chi connectivity index (χ1n) is 16.3. The van der Waals surface area contributed by atoms with Gasteiger partial charge in [-0.25, -0.2) is 4.98 Å². The summed E-state index contributed by atoms with van der Waals surface area (Å²) in [5, 5.41) is 12.1. The van der Waals surface area contributed by atoms with Crippen LogP contribution in [0.3, 0.4) is 0 Å². The molecular formula is C32H45N5O5. The molecule has 3 amide bonds. The molecule has 1 aromatic rings. The second-order valence-electron chi connectivity index (χ2n) is 13.9. The Morgan fingerprint density at radius 1 is 0.929 bits per heavy atom. The molecule has 1 spiro atoms. The van der Waals surface area contributed by atoms with Crippen LogP contribution in [-0.4, -0.2) is 94.7 Å². The lowest BCUT2D eigenvalue weighted by molar-refractivity contribution is -0.136. The number of hydrogen-bond donors (Lipinski definition) is 2. The SMILES string of the molecule is O=C1CCC(N2Cc3nc(N4CCC(OC5CCC(CN6CCC7(CC6)CC(O)C7)CC5)CC4)ccc3C2=O)C(=O)N1. The van der Waals surface area contributed by atoms with Crippen molar-refractivity contribution in [1.82, 2.24) is 20.1 Å². The molecule has 2 N–H and O–H groups in total. The monoisotopic (exact) mass is 579 g/mol. The van der Waals surface area contributed by atoms with E-state index in [1.807, 2.05) is 12.1 Å². The highest BCUT2D eigenvalue weighted by atomic mass is 16.5. The van der Waals surface area contributed by atoms with Gasteiger partial charge in [0.05, 0.1) is 36.1 Å². The van der Waals surface area contributed by atoms with Gasteiger partial charge in [0.2, 0.25) is 11.8 Å². The average molecular weight is 580 g/mol. The number of nitrogens with zero attached hydrogens (tertiary/aromatic N) is 4. The highest BCUT2D eigenvalue weighted by Gasteiger charge is 2.45. The van der Waals surface area contributed by atoms with E-state index >= 15 is 0 Å².